The van der Waals surface area contributed by atoms with Crippen molar-refractivity contribution >= 4 is 34.9 Å². The highest BCUT2D eigenvalue weighted by Gasteiger charge is 2.16. The molecule has 0 aliphatic rings. The number of benzene rings is 3. The predicted octanol–water partition coefficient (Wildman–Crippen LogP) is 7.14. The number of anilines is 4. The van der Waals surface area contributed by atoms with Gasteiger partial charge in [-0.15, -0.1) is 0 Å². The molecular formula is C32H40N6O4. The number of carbonyl (C=O) groups excluding carboxylic acids is 1. The normalized spacial score (nSPS) is 10.0. The lowest BCUT2D eigenvalue weighted by atomic mass is 10.0. The first-order chi connectivity index (χ1) is 20.1. The smallest absolute Gasteiger partial charge is 0.294 e. The number of nitro groups is 1. The van der Waals surface area contributed by atoms with E-state index in [4.69, 9.17) is 0 Å². The first kappa shape index (κ1) is 33.2. The summed E-state index contributed by atoms with van der Waals surface area (Å²) in [7, 11) is 5.09. The average Bonchev–Trinajstić information content (AvgIpc) is 3.00. The Kier molecular flexibility index (Phi) is 12.4. The molecule has 4 rings (SSSR count). The van der Waals surface area contributed by atoms with E-state index in [1.54, 1.807) is 32.4 Å². The molecule has 0 aliphatic carbocycles. The van der Waals surface area contributed by atoms with E-state index in [2.05, 4.69) is 34.8 Å². The zero-order valence-electron chi connectivity index (χ0n) is 25.5. The standard InChI is InChI=1S/C20H22N6O3.C10H12O.C2H6/c1-12-14(6-5-7-15(12)21-2)17-11-25(4)20(27)19(24-17)23-13-8-9-16(22-3)18(10-13)26(28)29;1-8(2)10-5-3-9(7-11)4-6-10;1-2/h5-11,21-22H,1-4H3,(H,23,24);3-8H,1-2H3;1-2H3. The summed E-state index contributed by atoms with van der Waals surface area (Å²) in [6, 6.07) is 18.1. The predicted molar refractivity (Wildman–Crippen MR) is 172 cm³/mol. The minimum atomic E-state index is -0.481. The molecule has 0 bridgehead atoms. The number of hydrogen-bond donors (Lipinski definition) is 3. The first-order valence-corrected chi connectivity index (χ1v) is 13.7. The van der Waals surface area contributed by atoms with Crippen molar-refractivity contribution in [2.75, 3.05) is 30.0 Å². The monoisotopic (exact) mass is 572 g/mol. The van der Waals surface area contributed by atoms with Gasteiger partial charge in [-0.1, -0.05) is 64.1 Å². The van der Waals surface area contributed by atoms with Gasteiger partial charge in [-0.05, 0) is 42.2 Å². The third-order valence-electron chi connectivity index (χ3n) is 6.42. The molecule has 1 heterocycles. The van der Waals surface area contributed by atoms with Crippen LogP contribution in [0, 0.1) is 17.0 Å². The van der Waals surface area contributed by atoms with E-state index >= 15 is 0 Å². The second-order valence-electron chi connectivity index (χ2n) is 9.42. The maximum absolute atomic E-state index is 12.6. The molecule has 0 aliphatic heterocycles. The maximum atomic E-state index is 12.6. The van der Waals surface area contributed by atoms with Crippen LogP contribution in [0.15, 0.2) is 71.7 Å². The van der Waals surface area contributed by atoms with Gasteiger partial charge in [0.25, 0.3) is 11.2 Å². The molecule has 0 fully saturated rings. The van der Waals surface area contributed by atoms with E-state index in [1.165, 1.54) is 16.2 Å². The molecule has 0 unspecified atom stereocenters. The van der Waals surface area contributed by atoms with Gasteiger partial charge in [0.05, 0.1) is 10.6 Å². The number of rotatable bonds is 8. The van der Waals surface area contributed by atoms with Crippen LogP contribution in [0.4, 0.5) is 28.6 Å². The summed E-state index contributed by atoms with van der Waals surface area (Å²) in [6.07, 6.45) is 2.53. The van der Waals surface area contributed by atoms with E-state index in [1.807, 2.05) is 70.3 Å². The van der Waals surface area contributed by atoms with E-state index in [-0.39, 0.29) is 17.1 Å². The lowest BCUT2D eigenvalue weighted by Gasteiger charge is -2.13. The highest BCUT2D eigenvalue weighted by atomic mass is 16.6. The molecule has 3 aromatic carbocycles. The quantitative estimate of drug-likeness (QED) is 0.115. The number of nitrogens with zero attached hydrogens (tertiary/aromatic N) is 3. The number of aromatic nitrogens is 2. The van der Waals surface area contributed by atoms with Crippen LogP contribution in [0.25, 0.3) is 11.3 Å². The van der Waals surface area contributed by atoms with Crippen LogP contribution in [0.2, 0.25) is 0 Å². The van der Waals surface area contributed by atoms with Gasteiger partial charge in [0.2, 0.25) is 0 Å². The van der Waals surface area contributed by atoms with Crippen molar-refractivity contribution in [1.29, 1.82) is 0 Å². The Labute approximate surface area is 247 Å². The van der Waals surface area contributed by atoms with Gasteiger partial charge < -0.3 is 20.5 Å². The highest BCUT2D eigenvalue weighted by Crippen LogP contribution is 2.30. The average molecular weight is 573 g/mol. The Morgan fingerprint density at radius 1 is 0.976 bits per heavy atom. The fraction of sp³-hybridized carbons (Fsp3) is 0.281. The number of hydrogen-bond acceptors (Lipinski definition) is 8. The number of nitrogens with one attached hydrogen (secondary N) is 3. The maximum Gasteiger partial charge on any atom is 0.294 e. The summed E-state index contributed by atoms with van der Waals surface area (Å²) >= 11 is 0. The van der Waals surface area contributed by atoms with Crippen molar-refractivity contribution in [3.63, 3.8) is 0 Å². The van der Waals surface area contributed by atoms with Crippen molar-refractivity contribution < 1.29 is 9.72 Å². The third-order valence-corrected chi connectivity index (χ3v) is 6.42. The Balaban J connectivity index is 0.000000396. The lowest BCUT2D eigenvalue weighted by molar-refractivity contribution is -0.383. The Bertz CT molecular complexity index is 1560. The third kappa shape index (κ3) is 8.26. The zero-order valence-corrected chi connectivity index (χ0v) is 25.5. The summed E-state index contributed by atoms with van der Waals surface area (Å²) in [5.74, 6) is 0.626. The molecule has 42 heavy (non-hydrogen) atoms. The summed E-state index contributed by atoms with van der Waals surface area (Å²) in [4.78, 5) is 38.2. The summed E-state index contributed by atoms with van der Waals surface area (Å²) in [5, 5.41) is 20.1. The Hall–Kier alpha value is -4.99. The van der Waals surface area contributed by atoms with Crippen LogP contribution in [0.1, 0.15) is 55.1 Å². The van der Waals surface area contributed by atoms with Crippen LogP contribution in [-0.2, 0) is 7.05 Å². The second-order valence-corrected chi connectivity index (χ2v) is 9.42. The molecule has 4 aromatic rings. The van der Waals surface area contributed by atoms with Gasteiger partial charge in [-0.2, -0.15) is 0 Å². The van der Waals surface area contributed by atoms with Crippen molar-refractivity contribution in [2.24, 2.45) is 7.05 Å². The van der Waals surface area contributed by atoms with Crippen LogP contribution < -0.4 is 21.5 Å². The minimum absolute atomic E-state index is 0.0887. The van der Waals surface area contributed by atoms with E-state index < -0.39 is 4.92 Å². The summed E-state index contributed by atoms with van der Waals surface area (Å²) in [6.45, 7) is 10.2. The van der Waals surface area contributed by atoms with Gasteiger partial charge in [0, 0.05) is 55.9 Å². The van der Waals surface area contributed by atoms with Gasteiger partial charge in [0.1, 0.15) is 12.0 Å². The lowest BCUT2D eigenvalue weighted by Crippen LogP contribution is -2.21. The van der Waals surface area contributed by atoms with Crippen LogP contribution in [-0.4, -0.2) is 34.9 Å². The SMILES string of the molecule is CC.CC(C)c1ccc(C=O)cc1.CNc1ccc(Nc2nc(-c3cccc(NC)c3C)cn(C)c2=O)cc1[N+](=O)[O-]. The molecule has 0 atom stereocenters. The van der Waals surface area contributed by atoms with E-state index in [0.717, 1.165) is 28.7 Å². The molecule has 0 amide bonds. The van der Waals surface area contributed by atoms with Gasteiger partial charge in [-0.25, -0.2) is 4.98 Å². The number of aryl methyl sites for hydroxylation is 1. The highest BCUT2D eigenvalue weighted by molar-refractivity contribution is 5.75. The molecule has 222 valence electrons. The number of carbonyl (C=O) groups is 1. The molecule has 0 spiro atoms. The molecule has 0 radical (unpaired) electrons. The van der Waals surface area contributed by atoms with Crippen molar-refractivity contribution in [2.45, 2.75) is 40.5 Å². The fourth-order valence-electron chi connectivity index (χ4n) is 4.07. The van der Waals surface area contributed by atoms with Gasteiger partial charge in [0.15, 0.2) is 5.82 Å². The molecule has 10 nitrogen and oxygen atoms in total. The van der Waals surface area contributed by atoms with E-state index in [9.17, 15) is 19.7 Å². The zero-order chi connectivity index (χ0) is 31.4. The second kappa shape index (κ2) is 15.7. The molecule has 0 saturated carbocycles. The Morgan fingerprint density at radius 3 is 2.17 bits per heavy atom. The topological polar surface area (TPSA) is 131 Å². The van der Waals surface area contributed by atoms with Crippen molar-refractivity contribution in [3.8, 4) is 11.3 Å². The van der Waals surface area contributed by atoms with Crippen molar-refractivity contribution in [3.05, 3.63) is 104 Å². The molecule has 3 N–H and O–H groups in total. The number of aldehydes is 1. The van der Waals surface area contributed by atoms with Crippen LogP contribution in [0.5, 0.6) is 0 Å². The Morgan fingerprint density at radius 2 is 1.62 bits per heavy atom. The van der Waals surface area contributed by atoms with Gasteiger partial charge in [-0.3, -0.25) is 19.7 Å². The fourth-order valence-corrected chi connectivity index (χ4v) is 4.07. The molecule has 10 heteroatoms. The first-order valence-electron chi connectivity index (χ1n) is 13.7. The largest absolute Gasteiger partial charge is 0.388 e. The molecule has 1 aromatic heterocycles. The number of nitro benzene ring substituents is 1. The van der Waals surface area contributed by atoms with Crippen LogP contribution in [0.3, 0.4) is 0 Å². The van der Waals surface area contributed by atoms with E-state index in [0.29, 0.717) is 23.0 Å². The molecular weight excluding hydrogens is 532 g/mol. The van der Waals surface area contributed by atoms with Crippen molar-refractivity contribution in [1.82, 2.24) is 9.55 Å². The minimum Gasteiger partial charge on any atom is -0.388 e. The summed E-state index contributed by atoms with van der Waals surface area (Å²) < 4.78 is 1.44. The van der Waals surface area contributed by atoms with Crippen LogP contribution >= 0.6 is 0 Å². The molecule has 0 saturated heterocycles. The van der Waals surface area contributed by atoms with Gasteiger partial charge >= 0.3 is 0 Å². The summed E-state index contributed by atoms with van der Waals surface area (Å²) in [5.41, 5.74) is 5.84.